The molecule has 1 N–H and O–H groups in total. The molecule has 1 amide bonds. The van der Waals surface area contributed by atoms with Crippen molar-refractivity contribution in [3.8, 4) is 0 Å². The van der Waals surface area contributed by atoms with Gasteiger partial charge in [0, 0.05) is 94.7 Å². The van der Waals surface area contributed by atoms with Gasteiger partial charge in [-0.15, -0.1) is 0 Å². The number of likely N-dealkylation sites (tertiary alicyclic amines) is 2. The molecule has 0 saturated carbocycles. The number of hydrogen-bond acceptors (Lipinski definition) is 10. The molecule has 2 saturated heterocycles. The quantitative estimate of drug-likeness (QED) is 0.0858. The number of rotatable bonds is 13. The smallest absolute Gasteiger partial charge is 0.222 e. The van der Waals surface area contributed by atoms with E-state index in [2.05, 4.69) is 95.1 Å². The van der Waals surface area contributed by atoms with Crippen LogP contribution in [0.1, 0.15) is 103 Å². The van der Waals surface area contributed by atoms with Crippen LogP contribution in [-0.2, 0) is 35.8 Å². The molecule has 2 aromatic heterocycles. The van der Waals surface area contributed by atoms with Crippen molar-refractivity contribution in [2.24, 2.45) is 0 Å². The van der Waals surface area contributed by atoms with Crippen LogP contribution in [0.4, 0.5) is 0 Å². The summed E-state index contributed by atoms with van der Waals surface area (Å²) >= 11 is 9.43. The van der Waals surface area contributed by atoms with Crippen LogP contribution in [0.25, 0.3) is 0 Å². The molecule has 0 aliphatic carbocycles. The third kappa shape index (κ3) is 13.5. The molecule has 8 rings (SSSR count). The number of hydrogen-bond donors (Lipinski definition) is 1. The van der Waals surface area contributed by atoms with Gasteiger partial charge < -0.3 is 24.3 Å². The molecule has 2 fully saturated rings. The first-order chi connectivity index (χ1) is 29.9. The van der Waals surface area contributed by atoms with Crippen LogP contribution < -0.4 is 5.32 Å². The molecular formula is C46H62ClI2N9O4. The summed E-state index contributed by atoms with van der Waals surface area (Å²) in [7, 11) is 0. The first kappa shape index (κ1) is 49.9. The molecule has 13 nitrogen and oxygen atoms in total. The molecule has 336 valence electrons. The Bertz CT molecular complexity index is 2080. The second kappa shape index (κ2) is 24.8. The number of halogens is 3. The lowest BCUT2D eigenvalue weighted by atomic mass is 9.97. The van der Waals surface area contributed by atoms with Gasteiger partial charge in [-0.05, 0) is 76.4 Å². The standard InChI is InChI=1S/C20H23IN4O2.C17H19IN4O.C6H15N.C3H5ClO/c1-2-18(27)24-8-9-25-16(12-24)19(21)22-20(25)15-10-23(11-15)13-17(26)14-6-4-3-5-7-14;18-16-14-8-19-6-7-22(14)17(20-16)13-9-21(10-13)11-15(23)12-4-2-1-3-5-12;1-4-7(5-2)6-3;1-2-3(4)5/h3-7,15H,2,8-13H2,1H3;1-5,13,19H,6-11H2;4-6H2,1-3H3;2H2,1H3. The second-order valence-electron chi connectivity index (χ2n) is 15.8. The summed E-state index contributed by atoms with van der Waals surface area (Å²) in [4.78, 5) is 64.5. The van der Waals surface area contributed by atoms with Gasteiger partial charge >= 0.3 is 0 Å². The number of aromatic nitrogens is 4. The van der Waals surface area contributed by atoms with E-state index >= 15 is 0 Å². The van der Waals surface area contributed by atoms with E-state index in [0.717, 1.165) is 88.9 Å². The SMILES string of the molecule is CCC(=O)Cl.CCC(=O)N1CCn2c(C3CN(CC(=O)c4ccccc4)C3)nc(I)c2C1.CCN(CC)CC.O=C(CN1CC(c2nc(I)c3n2CCNC3)C1)c1ccccc1. The van der Waals surface area contributed by atoms with Gasteiger partial charge in [-0.25, -0.2) is 9.97 Å². The first-order valence-electron chi connectivity index (χ1n) is 21.9. The summed E-state index contributed by atoms with van der Waals surface area (Å²) in [5.41, 5.74) is 4.03. The minimum Gasteiger partial charge on any atom is -0.335 e. The predicted octanol–water partition coefficient (Wildman–Crippen LogP) is 6.90. The second-order valence-corrected chi connectivity index (χ2v) is 18.2. The third-order valence-corrected chi connectivity index (χ3v) is 13.7. The minimum atomic E-state index is -0.273. The zero-order valence-electron chi connectivity index (χ0n) is 36.8. The first-order valence-corrected chi connectivity index (χ1v) is 24.4. The van der Waals surface area contributed by atoms with Gasteiger partial charge in [0.2, 0.25) is 11.1 Å². The Balaban J connectivity index is 0.000000187. The topological polar surface area (TPSA) is 129 Å². The van der Waals surface area contributed by atoms with E-state index < -0.39 is 0 Å². The third-order valence-electron chi connectivity index (χ3n) is 11.7. The summed E-state index contributed by atoms with van der Waals surface area (Å²) < 4.78 is 6.78. The van der Waals surface area contributed by atoms with Gasteiger partial charge in [-0.1, -0.05) is 95.3 Å². The van der Waals surface area contributed by atoms with E-state index in [1.54, 1.807) is 6.92 Å². The Morgan fingerprint density at radius 3 is 1.55 bits per heavy atom. The fourth-order valence-electron chi connectivity index (χ4n) is 7.94. The van der Waals surface area contributed by atoms with Crippen LogP contribution in [0.3, 0.4) is 0 Å². The summed E-state index contributed by atoms with van der Waals surface area (Å²) in [5.74, 6) is 3.71. The van der Waals surface area contributed by atoms with Crippen LogP contribution in [0.2, 0.25) is 0 Å². The van der Waals surface area contributed by atoms with E-state index in [-0.39, 0.29) is 22.7 Å². The Labute approximate surface area is 399 Å². The highest BCUT2D eigenvalue weighted by molar-refractivity contribution is 14.1. The fourth-order valence-corrected chi connectivity index (χ4v) is 9.38. The Morgan fingerprint density at radius 1 is 0.677 bits per heavy atom. The van der Waals surface area contributed by atoms with E-state index in [4.69, 9.17) is 21.6 Å². The average molecular weight is 1090 g/mol. The molecule has 0 unspecified atom stereocenters. The minimum absolute atomic E-state index is 0.169. The van der Waals surface area contributed by atoms with Crippen LogP contribution in [0.5, 0.6) is 0 Å². The predicted molar refractivity (Wildman–Crippen MR) is 262 cm³/mol. The molecule has 16 heteroatoms. The monoisotopic (exact) mass is 1090 g/mol. The van der Waals surface area contributed by atoms with E-state index in [9.17, 15) is 19.2 Å². The van der Waals surface area contributed by atoms with E-state index in [1.165, 1.54) is 31.2 Å². The highest BCUT2D eigenvalue weighted by Gasteiger charge is 2.36. The van der Waals surface area contributed by atoms with E-state index in [0.29, 0.717) is 44.3 Å². The average Bonchev–Trinajstić information content (AvgIpc) is 3.79. The highest BCUT2D eigenvalue weighted by Crippen LogP contribution is 2.32. The Kier molecular flexibility index (Phi) is 20.0. The molecule has 2 aromatic carbocycles. The lowest BCUT2D eigenvalue weighted by Crippen LogP contribution is -2.48. The Hall–Kier alpha value is -3.07. The molecule has 0 radical (unpaired) electrons. The van der Waals surface area contributed by atoms with Crippen molar-refractivity contribution in [1.29, 1.82) is 0 Å². The Morgan fingerprint density at radius 2 is 1.13 bits per heavy atom. The lowest BCUT2D eigenvalue weighted by molar-refractivity contribution is -0.132. The molecule has 0 bridgehead atoms. The summed E-state index contributed by atoms with van der Waals surface area (Å²) in [5, 5.41) is 3.13. The molecular weight excluding hydrogens is 1030 g/mol. The number of imidazole rings is 2. The lowest BCUT2D eigenvalue weighted by Gasteiger charge is -2.39. The number of carbonyl (C=O) groups is 4. The van der Waals surface area contributed by atoms with Crippen molar-refractivity contribution in [2.75, 3.05) is 72.0 Å². The summed E-state index contributed by atoms with van der Waals surface area (Å²) in [6, 6.07) is 19.0. The number of Topliss-reactive ketones (excluding diaryl/α,β-unsaturated/α-hetero) is 2. The number of nitrogens with zero attached hydrogens (tertiary/aromatic N) is 8. The largest absolute Gasteiger partial charge is 0.335 e. The molecule has 4 aromatic rings. The number of fused-ring (bicyclic) bond motifs is 2. The fraction of sp³-hybridized carbons (Fsp3) is 0.522. The zero-order chi connectivity index (χ0) is 44.8. The van der Waals surface area contributed by atoms with Gasteiger partial charge in [-0.3, -0.25) is 29.0 Å². The normalized spacial score (nSPS) is 16.2. The van der Waals surface area contributed by atoms with Crippen molar-refractivity contribution < 1.29 is 19.2 Å². The molecule has 62 heavy (non-hydrogen) atoms. The van der Waals surface area contributed by atoms with Crippen molar-refractivity contribution in [3.63, 3.8) is 0 Å². The molecule has 4 aliphatic rings. The van der Waals surface area contributed by atoms with Gasteiger partial charge in [0.15, 0.2) is 11.6 Å². The van der Waals surface area contributed by atoms with Crippen molar-refractivity contribution in [3.05, 3.63) is 102 Å². The summed E-state index contributed by atoms with van der Waals surface area (Å²) in [6.45, 7) is 23.4. The molecule has 4 aliphatic heterocycles. The van der Waals surface area contributed by atoms with Crippen molar-refractivity contribution in [2.45, 2.75) is 85.5 Å². The maximum absolute atomic E-state index is 12.4. The molecule has 6 heterocycles. The van der Waals surface area contributed by atoms with Crippen molar-refractivity contribution in [1.82, 2.24) is 44.0 Å². The van der Waals surface area contributed by atoms with Crippen LogP contribution in [0.15, 0.2) is 60.7 Å². The van der Waals surface area contributed by atoms with E-state index in [1.807, 2.05) is 72.5 Å². The molecule has 0 spiro atoms. The summed E-state index contributed by atoms with van der Waals surface area (Å²) in [6.07, 6.45) is 0.978. The van der Waals surface area contributed by atoms with Crippen LogP contribution in [0, 0.1) is 7.40 Å². The number of carbonyl (C=O) groups excluding carboxylic acids is 4. The maximum atomic E-state index is 12.4. The van der Waals surface area contributed by atoms with Crippen LogP contribution in [-0.4, -0.2) is 133 Å². The number of ketones is 2. The highest BCUT2D eigenvalue weighted by atomic mass is 127. The maximum Gasteiger partial charge on any atom is 0.222 e. The van der Waals surface area contributed by atoms with Gasteiger partial charge in [0.1, 0.15) is 19.1 Å². The van der Waals surface area contributed by atoms with Crippen LogP contribution >= 0.6 is 56.8 Å². The number of amides is 1. The van der Waals surface area contributed by atoms with Gasteiger partial charge in [0.05, 0.1) is 31.0 Å². The molecule has 0 atom stereocenters. The zero-order valence-corrected chi connectivity index (χ0v) is 41.9. The number of nitrogens with one attached hydrogen (secondary N) is 1. The van der Waals surface area contributed by atoms with Gasteiger partial charge in [-0.2, -0.15) is 0 Å². The van der Waals surface area contributed by atoms with Crippen molar-refractivity contribution >= 4 is 79.5 Å². The van der Waals surface area contributed by atoms with Gasteiger partial charge in [0.25, 0.3) is 0 Å². The number of benzene rings is 2.